The number of anilines is 1. The summed E-state index contributed by atoms with van der Waals surface area (Å²) in [5, 5.41) is 21.5. The molecule has 0 amide bonds. The Bertz CT molecular complexity index is 960. The summed E-state index contributed by atoms with van der Waals surface area (Å²) in [6, 6.07) is 0.245. The number of aliphatic carboxylic acids is 1. The predicted molar refractivity (Wildman–Crippen MR) is 95.3 cm³/mol. The van der Waals surface area contributed by atoms with Gasteiger partial charge in [0.1, 0.15) is 6.42 Å². The highest BCUT2D eigenvalue weighted by atomic mass is 16.5. The maximum absolute atomic E-state index is 10.9. The molecule has 3 aromatic heterocycles. The first-order valence-electron chi connectivity index (χ1n) is 8.89. The van der Waals surface area contributed by atoms with E-state index in [-0.39, 0.29) is 24.2 Å². The van der Waals surface area contributed by atoms with Gasteiger partial charge in [-0.25, -0.2) is 9.67 Å². The molecule has 0 unspecified atom stereocenters. The van der Waals surface area contributed by atoms with Crippen LogP contribution in [-0.4, -0.2) is 55.2 Å². The van der Waals surface area contributed by atoms with E-state index < -0.39 is 5.97 Å². The van der Waals surface area contributed by atoms with Crippen LogP contribution in [0.3, 0.4) is 0 Å². The largest absolute Gasteiger partial charge is 0.481 e. The van der Waals surface area contributed by atoms with Crippen LogP contribution in [0.25, 0.3) is 22.5 Å². The standard InChI is InChI=1S/C17H20N6O4/c1-2-23-16-11(9-19-23)15(20-10-3-5-26-6-4-10)12(8-18-16)17-21-13(22-27-17)7-14(24)25/h8-10H,2-7H2,1H3,(H,18,20)(H,24,25). The van der Waals surface area contributed by atoms with Gasteiger partial charge in [-0.05, 0) is 19.8 Å². The third-order valence-corrected chi connectivity index (χ3v) is 4.54. The lowest BCUT2D eigenvalue weighted by molar-refractivity contribution is -0.136. The quantitative estimate of drug-likeness (QED) is 0.664. The van der Waals surface area contributed by atoms with Crippen LogP contribution < -0.4 is 5.32 Å². The topological polar surface area (TPSA) is 128 Å². The Hall–Kier alpha value is -3.01. The second kappa shape index (κ2) is 7.31. The Balaban J connectivity index is 1.77. The first-order valence-corrected chi connectivity index (χ1v) is 8.89. The molecule has 27 heavy (non-hydrogen) atoms. The van der Waals surface area contributed by atoms with Gasteiger partial charge in [0, 0.05) is 32.0 Å². The predicted octanol–water partition coefficient (Wildman–Crippen LogP) is 1.72. The monoisotopic (exact) mass is 372 g/mol. The van der Waals surface area contributed by atoms with E-state index in [0.29, 0.717) is 25.3 Å². The average Bonchev–Trinajstić information content (AvgIpc) is 3.29. The number of aryl methyl sites for hydroxylation is 1. The molecule has 1 aliphatic rings. The maximum Gasteiger partial charge on any atom is 0.311 e. The number of hydrogen-bond acceptors (Lipinski definition) is 8. The minimum Gasteiger partial charge on any atom is -0.481 e. The molecule has 0 bridgehead atoms. The molecule has 2 N–H and O–H groups in total. The summed E-state index contributed by atoms with van der Waals surface area (Å²) in [6.45, 7) is 4.12. The number of aromatic nitrogens is 5. The van der Waals surface area contributed by atoms with Gasteiger partial charge in [0.2, 0.25) is 0 Å². The van der Waals surface area contributed by atoms with Crippen LogP contribution in [0, 0.1) is 0 Å². The van der Waals surface area contributed by atoms with Gasteiger partial charge in [0.25, 0.3) is 5.89 Å². The van der Waals surface area contributed by atoms with Gasteiger partial charge in [0.05, 0.1) is 22.8 Å². The van der Waals surface area contributed by atoms with Crippen molar-refractivity contribution in [1.29, 1.82) is 0 Å². The highest BCUT2D eigenvalue weighted by Crippen LogP contribution is 2.34. The zero-order valence-electron chi connectivity index (χ0n) is 14.9. The molecule has 1 fully saturated rings. The molecule has 0 saturated carbocycles. The molecule has 1 saturated heterocycles. The summed E-state index contributed by atoms with van der Waals surface area (Å²) in [5.74, 6) is -0.654. The number of fused-ring (bicyclic) bond motifs is 1. The van der Waals surface area contributed by atoms with Crippen molar-refractivity contribution in [2.75, 3.05) is 18.5 Å². The van der Waals surface area contributed by atoms with Crippen molar-refractivity contribution in [3.63, 3.8) is 0 Å². The molecule has 3 aromatic rings. The fraction of sp³-hybridized carbons (Fsp3) is 0.471. The average molecular weight is 372 g/mol. The third-order valence-electron chi connectivity index (χ3n) is 4.54. The summed E-state index contributed by atoms with van der Waals surface area (Å²) in [7, 11) is 0. The lowest BCUT2D eigenvalue weighted by Gasteiger charge is -2.25. The SMILES string of the molecule is CCn1ncc2c(NC3CCOCC3)c(-c3nc(CC(=O)O)no3)cnc21. The number of pyridine rings is 1. The van der Waals surface area contributed by atoms with Gasteiger partial charge in [-0.15, -0.1) is 0 Å². The summed E-state index contributed by atoms with van der Waals surface area (Å²) in [4.78, 5) is 19.6. The number of nitrogens with zero attached hydrogens (tertiary/aromatic N) is 5. The highest BCUT2D eigenvalue weighted by molar-refractivity contribution is 5.96. The van der Waals surface area contributed by atoms with Crippen LogP contribution in [0.2, 0.25) is 0 Å². The molecule has 10 nitrogen and oxygen atoms in total. The number of rotatable bonds is 6. The summed E-state index contributed by atoms with van der Waals surface area (Å²) in [5.41, 5.74) is 2.21. The number of hydrogen-bond donors (Lipinski definition) is 2. The van der Waals surface area contributed by atoms with E-state index in [1.165, 1.54) is 0 Å². The summed E-state index contributed by atoms with van der Waals surface area (Å²) in [6.07, 6.45) is 4.91. The van der Waals surface area contributed by atoms with Gasteiger partial charge in [-0.2, -0.15) is 10.1 Å². The van der Waals surface area contributed by atoms with E-state index in [9.17, 15) is 4.79 Å². The van der Waals surface area contributed by atoms with Gasteiger partial charge >= 0.3 is 5.97 Å². The number of nitrogens with one attached hydrogen (secondary N) is 1. The Morgan fingerprint density at radius 2 is 2.19 bits per heavy atom. The van der Waals surface area contributed by atoms with Crippen molar-refractivity contribution in [3.05, 3.63) is 18.2 Å². The molecule has 1 aliphatic heterocycles. The van der Waals surface area contributed by atoms with Gasteiger partial charge in [-0.1, -0.05) is 5.16 Å². The van der Waals surface area contributed by atoms with E-state index in [1.54, 1.807) is 12.4 Å². The van der Waals surface area contributed by atoms with Crippen molar-refractivity contribution in [2.45, 2.75) is 38.8 Å². The smallest absolute Gasteiger partial charge is 0.311 e. The van der Waals surface area contributed by atoms with Gasteiger partial charge < -0.3 is 19.7 Å². The molecule has 10 heteroatoms. The molecule has 0 aromatic carbocycles. The molecular formula is C17H20N6O4. The van der Waals surface area contributed by atoms with E-state index in [4.69, 9.17) is 14.4 Å². The zero-order valence-corrected chi connectivity index (χ0v) is 14.9. The Labute approximate surface area is 154 Å². The Kier molecular flexibility index (Phi) is 4.71. The van der Waals surface area contributed by atoms with Crippen LogP contribution in [0.15, 0.2) is 16.9 Å². The first kappa shape index (κ1) is 17.4. The zero-order chi connectivity index (χ0) is 18.8. The van der Waals surface area contributed by atoms with E-state index in [2.05, 4.69) is 25.5 Å². The Morgan fingerprint density at radius 3 is 2.93 bits per heavy atom. The molecule has 4 heterocycles. The molecule has 0 radical (unpaired) electrons. The molecule has 0 spiro atoms. The normalized spacial score (nSPS) is 15.3. The number of carboxylic acid groups (broad SMARTS) is 1. The fourth-order valence-electron chi connectivity index (χ4n) is 3.19. The van der Waals surface area contributed by atoms with Crippen molar-refractivity contribution >= 4 is 22.7 Å². The van der Waals surface area contributed by atoms with Crippen LogP contribution >= 0.6 is 0 Å². The molecule has 142 valence electrons. The fourth-order valence-corrected chi connectivity index (χ4v) is 3.19. The van der Waals surface area contributed by atoms with Gasteiger partial charge in [0.15, 0.2) is 11.5 Å². The molecular weight excluding hydrogens is 352 g/mol. The molecule has 4 rings (SSSR count). The maximum atomic E-state index is 10.9. The second-order valence-electron chi connectivity index (χ2n) is 6.36. The van der Waals surface area contributed by atoms with Crippen molar-refractivity contribution < 1.29 is 19.2 Å². The van der Waals surface area contributed by atoms with Crippen LogP contribution in [-0.2, 0) is 22.5 Å². The summed E-state index contributed by atoms with van der Waals surface area (Å²) >= 11 is 0. The van der Waals surface area contributed by atoms with Gasteiger partial charge in [-0.3, -0.25) is 4.79 Å². The minimum atomic E-state index is -1.01. The minimum absolute atomic E-state index is 0.124. The number of carbonyl (C=O) groups is 1. The number of ether oxygens (including phenoxy) is 1. The lowest BCUT2D eigenvalue weighted by Crippen LogP contribution is -2.28. The summed E-state index contributed by atoms with van der Waals surface area (Å²) < 4.78 is 12.6. The highest BCUT2D eigenvalue weighted by Gasteiger charge is 2.22. The Morgan fingerprint density at radius 1 is 1.37 bits per heavy atom. The molecule has 0 atom stereocenters. The van der Waals surface area contributed by atoms with E-state index in [1.807, 2.05) is 11.6 Å². The van der Waals surface area contributed by atoms with Crippen LogP contribution in [0.5, 0.6) is 0 Å². The number of carboxylic acids is 1. The second-order valence-corrected chi connectivity index (χ2v) is 6.36. The van der Waals surface area contributed by atoms with Crippen LogP contribution in [0.4, 0.5) is 5.69 Å². The van der Waals surface area contributed by atoms with Crippen LogP contribution in [0.1, 0.15) is 25.6 Å². The third kappa shape index (κ3) is 3.47. The van der Waals surface area contributed by atoms with Crippen molar-refractivity contribution in [3.8, 4) is 11.5 Å². The molecule has 0 aliphatic carbocycles. The first-order chi connectivity index (χ1) is 13.2. The van der Waals surface area contributed by atoms with Crippen molar-refractivity contribution in [1.82, 2.24) is 24.9 Å². The van der Waals surface area contributed by atoms with E-state index >= 15 is 0 Å². The van der Waals surface area contributed by atoms with Crippen molar-refractivity contribution in [2.24, 2.45) is 0 Å². The lowest BCUT2D eigenvalue weighted by atomic mass is 10.1. The van der Waals surface area contributed by atoms with E-state index in [0.717, 1.165) is 29.6 Å².